The number of hydrogen-bond donors (Lipinski definition) is 0. The predicted octanol–water partition coefficient (Wildman–Crippen LogP) is 2.81. The van der Waals surface area contributed by atoms with Gasteiger partial charge in [-0.25, -0.2) is 0 Å². The normalized spacial score (nSPS) is 11.9. The van der Waals surface area contributed by atoms with Crippen LogP contribution in [-0.4, -0.2) is 20.9 Å². The molecule has 3 nitrogen and oxygen atoms in total. The van der Waals surface area contributed by atoms with Crippen LogP contribution in [0.25, 0.3) is 0 Å². The second-order valence-corrected chi connectivity index (χ2v) is 4.11. The molecule has 0 aromatic carbocycles. The number of Topliss-reactive ketones (excluding diaryl/α,β-unsaturated/α-hetero) is 1. The number of nitrogens with zero attached hydrogens (tertiary/aromatic N) is 2. The van der Waals surface area contributed by atoms with Crippen molar-refractivity contribution in [1.82, 2.24) is 9.78 Å². The van der Waals surface area contributed by atoms with E-state index in [-0.39, 0.29) is 10.7 Å². The van der Waals surface area contributed by atoms with E-state index in [1.807, 2.05) is 0 Å². The Morgan fingerprint density at radius 2 is 2.12 bits per heavy atom. The molecule has 0 unspecified atom stereocenters. The molecule has 0 aliphatic carbocycles. The summed E-state index contributed by atoms with van der Waals surface area (Å²) in [6, 6.07) is 0. The van der Waals surface area contributed by atoms with Crippen LogP contribution in [0.1, 0.15) is 18.3 Å². The van der Waals surface area contributed by atoms with E-state index in [0.29, 0.717) is 12.2 Å². The first-order chi connectivity index (χ1) is 7.27. The minimum Gasteiger partial charge on any atom is -0.291 e. The molecule has 0 saturated carbocycles. The van der Waals surface area contributed by atoms with Crippen LogP contribution in [0, 0.1) is 6.92 Å². The molecule has 0 spiro atoms. The fourth-order valence-electron chi connectivity index (χ4n) is 1.29. The Hall–Kier alpha value is -0.680. The lowest BCUT2D eigenvalue weighted by Gasteiger charge is -2.08. The lowest BCUT2D eigenvalue weighted by molar-refractivity contribution is -0.132. The van der Waals surface area contributed by atoms with Gasteiger partial charge in [0, 0.05) is 6.54 Å². The van der Waals surface area contributed by atoms with Gasteiger partial charge in [-0.15, -0.1) is 0 Å². The Morgan fingerprint density at radius 1 is 1.56 bits per heavy atom. The molecule has 0 aliphatic rings. The van der Waals surface area contributed by atoms with Crippen LogP contribution in [-0.2, 0) is 17.8 Å². The maximum absolute atomic E-state index is 12.5. The Kier molecular flexibility index (Phi) is 3.91. The molecule has 90 valence electrons. The molecular weight excluding hydrogens is 261 g/mol. The van der Waals surface area contributed by atoms with Gasteiger partial charge in [-0.2, -0.15) is 13.9 Å². The van der Waals surface area contributed by atoms with Crippen LogP contribution >= 0.6 is 23.2 Å². The zero-order chi connectivity index (χ0) is 12.5. The largest absolute Gasteiger partial charge is 0.380 e. The molecule has 0 radical (unpaired) electrons. The quantitative estimate of drug-likeness (QED) is 0.789. The van der Waals surface area contributed by atoms with Crippen molar-refractivity contribution in [2.75, 3.05) is 0 Å². The number of carbonyl (C=O) groups excluding carboxylic acids is 1. The molecule has 7 heteroatoms. The van der Waals surface area contributed by atoms with Gasteiger partial charge in [0.2, 0.25) is 5.78 Å². The molecule has 1 heterocycles. The first kappa shape index (κ1) is 13.4. The standard InChI is InChI=1S/C9H10Cl2F2N2O/c1-3-15-6(8(10)5(2)14-15)4-7(16)9(11,12)13/h3-4H2,1-2H3. The van der Waals surface area contributed by atoms with Crippen LogP contribution in [0.15, 0.2) is 0 Å². The fourth-order valence-corrected chi connectivity index (χ4v) is 1.56. The van der Waals surface area contributed by atoms with Crippen molar-refractivity contribution in [3.8, 4) is 0 Å². The minimum absolute atomic E-state index is 0.233. The van der Waals surface area contributed by atoms with Gasteiger partial charge in [0.05, 0.1) is 22.8 Å². The lowest BCUT2D eigenvalue weighted by atomic mass is 10.2. The van der Waals surface area contributed by atoms with Crippen LogP contribution in [0.3, 0.4) is 0 Å². The summed E-state index contributed by atoms with van der Waals surface area (Å²) in [4.78, 5) is 11.1. The van der Waals surface area contributed by atoms with Gasteiger partial charge in [0.15, 0.2) is 0 Å². The molecule has 1 rings (SSSR count). The number of rotatable bonds is 4. The van der Waals surface area contributed by atoms with Gasteiger partial charge < -0.3 is 0 Å². The highest BCUT2D eigenvalue weighted by Crippen LogP contribution is 2.26. The summed E-state index contributed by atoms with van der Waals surface area (Å²) in [5, 5.41) is 0.380. The third-order valence-electron chi connectivity index (χ3n) is 2.10. The van der Waals surface area contributed by atoms with Gasteiger partial charge in [0.25, 0.3) is 0 Å². The van der Waals surface area contributed by atoms with Crippen molar-refractivity contribution in [2.24, 2.45) is 0 Å². The van der Waals surface area contributed by atoms with E-state index in [1.54, 1.807) is 13.8 Å². The van der Waals surface area contributed by atoms with Crippen molar-refractivity contribution < 1.29 is 13.6 Å². The average Bonchev–Trinajstić information content (AvgIpc) is 2.44. The van der Waals surface area contributed by atoms with Crippen molar-refractivity contribution in [2.45, 2.75) is 32.2 Å². The van der Waals surface area contributed by atoms with Crippen LogP contribution in [0.5, 0.6) is 0 Å². The van der Waals surface area contributed by atoms with Gasteiger partial charge in [-0.05, 0) is 25.4 Å². The topological polar surface area (TPSA) is 34.9 Å². The molecule has 1 aromatic rings. The highest BCUT2D eigenvalue weighted by molar-refractivity contribution is 6.34. The summed E-state index contributed by atoms with van der Waals surface area (Å²) >= 11 is 10.5. The summed E-state index contributed by atoms with van der Waals surface area (Å²) < 4.78 is 26.5. The summed E-state index contributed by atoms with van der Waals surface area (Å²) in [6.07, 6.45) is -0.524. The Bertz CT molecular complexity index is 412. The maximum atomic E-state index is 12.5. The number of halogens is 4. The first-order valence-corrected chi connectivity index (χ1v) is 5.34. The maximum Gasteiger partial charge on any atom is 0.380 e. The Morgan fingerprint density at radius 3 is 2.56 bits per heavy atom. The number of carbonyl (C=O) groups is 1. The third-order valence-corrected chi connectivity index (χ3v) is 2.80. The highest BCUT2D eigenvalue weighted by atomic mass is 35.5. The third kappa shape index (κ3) is 2.71. The smallest absolute Gasteiger partial charge is 0.291 e. The molecule has 0 aliphatic heterocycles. The average molecular weight is 271 g/mol. The molecule has 0 bridgehead atoms. The van der Waals surface area contributed by atoms with E-state index in [2.05, 4.69) is 16.7 Å². The molecule has 1 aromatic heterocycles. The van der Waals surface area contributed by atoms with Crippen LogP contribution in [0.2, 0.25) is 5.02 Å². The second kappa shape index (κ2) is 4.67. The van der Waals surface area contributed by atoms with Crippen molar-refractivity contribution in [3.63, 3.8) is 0 Å². The molecule has 0 N–H and O–H groups in total. The highest BCUT2D eigenvalue weighted by Gasteiger charge is 2.36. The number of ketones is 1. The second-order valence-electron chi connectivity index (χ2n) is 3.26. The van der Waals surface area contributed by atoms with Crippen molar-refractivity contribution in [3.05, 3.63) is 16.4 Å². The zero-order valence-corrected chi connectivity index (χ0v) is 10.2. The van der Waals surface area contributed by atoms with Gasteiger partial charge in [-0.3, -0.25) is 9.48 Å². The zero-order valence-electron chi connectivity index (χ0n) is 8.73. The number of aryl methyl sites for hydroxylation is 2. The first-order valence-electron chi connectivity index (χ1n) is 4.59. The molecule has 0 amide bonds. The van der Waals surface area contributed by atoms with Crippen LogP contribution < -0.4 is 0 Å². The molecule has 0 saturated heterocycles. The molecule has 16 heavy (non-hydrogen) atoms. The predicted molar refractivity (Wildman–Crippen MR) is 57.2 cm³/mol. The lowest BCUT2D eigenvalue weighted by Crippen LogP contribution is -2.24. The summed E-state index contributed by atoms with van der Waals surface area (Å²) in [5.74, 6) is -1.38. The van der Waals surface area contributed by atoms with Crippen LogP contribution in [0.4, 0.5) is 8.78 Å². The van der Waals surface area contributed by atoms with Crippen molar-refractivity contribution in [1.29, 1.82) is 0 Å². The monoisotopic (exact) mass is 270 g/mol. The van der Waals surface area contributed by atoms with Gasteiger partial charge >= 0.3 is 5.38 Å². The van der Waals surface area contributed by atoms with E-state index in [4.69, 9.17) is 11.6 Å². The van der Waals surface area contributed by atoms with E-state index >= 15 is 0 Å². The fraction of sp³-hybridized carbons (Fsp3) is 0.556. The minimum atomic E-state index is -3.86. The number of aromatic nitrogens is 2. The summed E-state index contributed by atoms with van der Waals surface area (Å²) in [6.45, 7) is 3.86. The van der Waals surface area contributed by atoms with Gasteiger partial charge in [0.1, 0.15) is 0 Å². The number of alkyl halides is 3. The van der Waals surface area contributed by atoms with E-state index < -0.39 is 17.6 Å². The molecular formula is C9H10Cl2F2N2O. The van der Waals surface area contributed by atoms with E-state index in [1.165, 1.54) is 4.68 Å². The van der Waals surface area contributed by atoms with Crippen molar-refractivity contribution >= 4 is 29.0 Å². The molecule has 0 fully saturated rings. The summed E-state index contributed by atoms with van der Waals surface area (Å²) in [7, 11) is 0. The van der Waals surface area contributed by atoms with E-state index in [0.717, 1.165) is 0 Å². The number of hydrogen-bond acceptors (Lipinski definition) is 2. The Labute approximate surface area is 101 Å². The Balaban J connectivity index is 3.01. The van der Waals surface area contributed by atoms with Gasteiger partial charge in [-0.1, -0.05) is 11.6 Å². The SMILES string of the molecule is CCn1nc(C)c(Cl)c1CC(=O)C(F)(F)Cl. The summed E-state index contributed by atoms with van der Waals surface area (Å²) in [5.41, 5.74) is 0.774. The molecule has 0 atom stereocenters. The van der Waals surface area contributed by atoms with E-state index in [9.17, 15) is 13.6 Å².